The third-order valence-electron chi connectivity index (χ3n) is 6.65. The van der Waals surface area contributed by atoms with Gasteiger partial charge in [0.25, 0.3) is 5.91 Å². The molecule has 2 N–H and O–H groups in total. The molecule has 38 heavy (non-hydrogen) atoms. The van der Waals surface area contributed by atoms with Crippen LogP contribution in [0.5, 0.6) is 5.75 Å². The molecule has 0 radical (unpaired) electrons. The molecule has 0 fully saturated rings. The second-order valence-electron chi connectivity index (χ2n) is 9.15. The van der Waals surface area contributed by atoms with Crippen molar-refractivity contribution in [2.45, 2.75) is 12.8 Å². The number of carbonyl (C=O) groups is 1. The first-order valence-electron chi connectivity index (χ1n) is 12.5. The van der Waals surface area contributed by atoms with Gasteiger partial charge in [0.1, 0.15) is 11.6 Å². The van der Waals surface area contributed by atoms with E-state index >= 15 is 0 Å². The van der Waals surface area contributed by atoms with E-state index < -0.39 is 0 Å². The number of rotatable bonds is 7. The van der Waals surface area contributed by atoms with Crippen LogP contribution in [-0.4, -0.2) is 28.0 Å². The van der Waals surface area contributed by atoms with Crippen LogP contribution in [-0.2, 0) is 12.8 Å². The molecule has 2 aromatic heterocycles. The minimum absolute atomic E-state index is 0.173. The van der Waals surface area contributed by atoms with Crippen LogP contribution in [0, 0.1) is 0 Å². The Morgan fingerprint density at radius 3 is 2.32 bits per heavy atom. The number of anilines is 1. The number of carbonyl (C=O) groups excluding carboxylic acids is 1. The number of pyridine rings is 1. The van der Waals surface area contributed by atoms with Crippen LogP contribution in [0.1, 0.15) is 21.7 Å². The first-order valence-corrected chi connectivity index (χ1v) is 12.5. The first-order chi connectivity index (χ1) is 18.7. The molecular weight excluding hydrogens is 472 g/mol. The zero-order chi connectivity index (χ0) is 25.9. The number of hydrogen-bond acceptors (Lipinski definition) is 4. The average Bonchev–Trinajstić information content (AvgIpc) is 3.39. The Morgan fingerprint density at radius 2 is 1.55 bits per heavy atom. The number of amides is 1. The first kappa shape index (κ1) is 23.4. The van der Waals surface area contributed by atoms with E-state index in [4.69, 9.17) is 9.72 Å². The van der Waals surface area contributed by atoms with Crippen LogP contribution in [0.15, 0.2) is 103 Å². The number of hydrogen-bond donors (Lipinski definition) is 2. The van der Waals surface area contributed by atoms with E-state index in [0.717, 1.165) is 63.3 Å². The van der Waals surface area contributed by atoms with Crippen molar-refractivity contribution < 1.29 is 9.53 Å². The Kier molecular flexibility index (Phi) is 6.28. The Balaban J connectivity index is 1.20. The summed E-state index contributed by atoms with van der Waals surface area (Å²) >= 11 is 0. The number of aromatic amines is 1. The fourth-order valence-electron chi connectivity index (χ4n) is 4.61. The number of nitrogens with one attached hydrogen (secondary N) is 2. The number of methoxy groups -OCH3 is 1. The molecule has 0 aliphatic rings. The van der Waals surface area contributed by atoms with Gasteiger partial charge in [-0.3, -0.25) is 4.79 Å². The molecule has 0 spiro atoms. The molecule has 0 aliphatic carbocycles. The van der Waals surface area contributed by atoms with Gasteiger partial charge in [0.05, 0.1) is 34.9 Å². The molecule has 1 amide bonds. The summed E-state index contributed by atoms with van der Waals surface area (Å²) in [5.74, 6) is 1.57. The molecule has 6 heteroatoms. The molecule has 2 heterocycles. The van der Waals surface area contributed by atoms with Gasteiger partial charge in [-0.05, 0) is 72.6 Å². The quantitative estimate of drug-likeness (QED) is 0.253. The molecule has 6 aromatic rings. The van der Waals surface area contributed by atoms with Crippen molar-refractivity contribution in [2.75, 3.05) is 12.4 Å². The van der Waals surface area contributed by atoms with Crippen LogP contribution in [0.4, 0.5) is 5.69 Å². The van der Waals surface area contributed by atoms with Crippen molar-refractivity contribution in [1.82, 2.24) is 15.0 Å². The number of para-hydroxylation sites is 3. The standard InChI is InChI=1S/C32H26N4O2/c1-38-24-17-13-22(14-18-24)30-20-26(25-6-2-3-7-27(25)34-30)32(37)33-23-15-10-21(11-16-23)12-19-31-35-28-8-4-5-9-29(28)36-31/h2-11,13-18,20H,12,19H2,1H3,(H,33,37)(H,35,36). The van der Waals surface area contributed by atoms with Gasteiger partial charge in [0, 0.05) is 23.1 Å². The van der Waals surface area contributed by atoms with Crippen molar-refractivity contribution in [3.63, 3.8) is 0 Å². The highest BCUT2D eigenvalue weighted by molar-refractivity contribution is 6.13. The highest BCUT2D eigenvalue weighted by Crippen LogP contribution is 2.27. The predicted octanol–water partition coefficient (Wildman–Crippen LogP) is 6.82. The van der Waals surface area contributed by atoms with E-state index in [1.165, 1.54) is 5.56 Å². The number of aryl methyl sites for hydroxylation is 2. The van der Waals surface area contributed by atoms with Gasteiger partial charge < -0.3 is 15.0 Å². The monoisotopic (exact) mass is 498 g/mol. The van der Waals surface area contributed by atoms with E-state index in [1.807, 2.05) is 103 Å². The molecule has 0 atom stereocenters. The number of imidazole rings is 1. The molecule has 6 rings (SSSR count). The lowest BCUT2D eigenvalue weighted by molar-refractivity contribution is 0.102. The molecule has 4 aromatic carbocycles. The lowest BCUT2D eigenvalue weighted by atomic mass is 10.0. The topological polar surface area (TPSA) is 79.9 Å². The van der Waals surface area contributed by atoms with Crippen LogP contribution >= 0.6 is 0 Å². The van der Waals surface area contributed by atoms with E-state index in [2.05, 4.69) is 15.3 Å². The van der Waals surface area contributed by atoms with Gasteiger partial charge in [-0.2, -0.15) is 0 Å². The molecule has 0 saturated carbocycles. The van der Waals surface area contributed by atoms with Gasteiger partial charge in [0.2, 0.25) is 0 Å². The minimum Gasteiger partial charge on any atom is -0.497 e. The number of H-pyrrole nitrogens is 1. The Hall–Kier alpha value is -4.97. The maximum atomic E-state index is 13.4. The van der Waals surface area contributed by atoms with Crippen molar-refractivity contribution in [1.29, 1.82) is 0 Å². The van der Waals surface area contributed by atoms with Crippen LogP contribution in [0.2, 0.25) is 0 Å². The summed E-state index contributed by atoms with van der Waals surface area (Å²) in [6.45, 7) is 0. The van der Waals surface area contributed by atoms with Gasteiger partial charge in [-0.1, -0.05) is 42.5 Å². The molecule has 0 aliphatic heterocycles. The van der Waals surface area contributed by atoms with Gasteiger partial charge in [0.15, 0.2) is 0 Å². The Labute approximate surface area is 220 Å². The number of benzene rings is 4. The van der Waals surface area contributed by atoms with Crippen molar-refractivity contribution in [3.8, 4) is 17.0 Å². The predicted molar refractivity (Wildman–Crippen MR) is 152 cm³/mol. The van der Waals surface area contributed by atoms with E-state index in [0.29, 0.717) is 5.56 Å². The summed E-state index contributed by atoms with van der Waals surface area (Å²) in [4.78, 5) is 26.3. The number of aromatic nitrogens is 3. The summed E-state index contributed by atoms with van der Waals surface area (Å²) in [5, 5.41) is 3.87. The van der Waals surface area contributed by atoms with E-state index in [1.54, 1.807) is 7.11 Å². The number of nitrogens with zero attached hydrogens (tertiary/aromatic N) is 2. The normalized spacial score (nSPS) is 11.1. The zero-order valence-electron chi connectivity index (χ0n) is 20.9. The van der Waals surface area contributed by atoms with Gasteiger partial charge in [-0.25, -0.2) is 9.97 Å². The molecule has 0 saturated heterocycles. The maximum absolute atomic E-state index is 13.4. The lowest BCUT2D eigenvalue weighted by Gasteiger charge is -2.11. The average molecular weight is 499 g/mol. The van der Waals surface area contributed by atoms with Crippen molar-refractivity contribution in [2.24, 2.45) is 0 Å². The summed E-state index contributed by atoms with van der Waals surface area (Å²) in [7, 11) is 1.64. The second kappa shape index (κ2) is 10.2. The molecule has 6 nitrogen and oxygen atoms in total. The van der Waals surface area contributed by atoms with E-state index in [9.17, 15) is 4.79 Å². The minimum atomic E-state index is -0.173. The van der Waals surface area contributed by atoms with Gasteiger partial charge >= 0.3 is 0 Å². The molecule has 0 unspecified atom stereocenters. The van der Waals surface area contributed by atoms with E-state index in [-0.39, 0.29) is 5.91 Å². The smallest absolute Gasteiger partial charge is 0.256 e. The van der Waals surface area contributed by atoms with Crippen LogP contribution in [0.25, 0.3) is 33.2 Å². The lowest BCUT2D eigenvalue weighted by Crippen LogP contribution is -2.13. The summed E-state index contributed by atoms with van der Waals surface area (Å²) in [6.07, 6.45) is 1.67. The van der Waals surface area contributed by atoms with Gasteiger partial charge in [-0.15, -0.1) is 0 Å². The van der Waals surface area contributed by atoms with Crippen molar-refractivity contribution in [3.05, 3.63) is 120 Å². The van der Waals surface area contributed by atoms with Crippen molar-refractivity contribution >= 4 is 33.5 Å². The van der Waals surface area contributed by atoms with Crippen LogP contribution < -0.4 is 10.1 Å². The molecular formula is C32H26N4O2. The number of ether oxygens (including phenoxy) is 1. The largest absolute Gasteiger partial charge is 0.497 e. The fourth-order valence-corrected chi connectivity index (χ4v) is 4.61. The summed E-state index contributed by atoms with van der Waals surface area (Å²) in [6, 6.07) is 33.3. The zero-order valence-corrected chi connectivity index (χ0v) is 20.9. The molecule has 0 bridgehead atoms. The Morgan fingerprint density at radius 1 is 0.816 bits per heavy atom. The number of fused-ring (bicyclic) bond motifs is 2. The fraction of sp³-hybridized carbons (Fsp3) is 0.0938. The summed E-state index contributed by atoms with van der Waals surface area (Å²) < 4.78 is 5.27. The molecule has 186 valence electrons. The van der Waals surface area contributed by atoms with Crippen LogP contribution in [0.3, 0.4) is 0 Å². The maximum Gasteiger partial charge on any atom is 0.256 e. The summed E-state index contributed by atoms with van der Waals surface area (Å²) in [5.41, 5.74) is 6.96. The highest BCUT2D eigenvalue weighted by atomic mass is 16.5. The SMILES string of the molecule is COc1ccc(-c2cc(C(=O)Nc3ccc(CCc4nc5ccccc5[nH]4)cc3)c3ccccc3n2)cc1. The third-order valence-corrected chi connectivity index (χ3v) is 6.65. The Bertz CT molecular complexity index is 1710. The third kappa shape index (κ3) is 4.84. The second-order valence-corrected chi connectivity index (χ2v) is 9.15. The highest BCUT2D eigenvalue weighted by Gasteiger charge is 2.14.